The third-order valence-electron chi connectivity index (χ3n) is 5.48. The van der Waals surface area contributed by atoms with Crippen LogP contribution in [0.15, 0.2) is 6.20 Å². The average molecular weight is 414 g/mol. The van der Waals surface area contributed by atoms with Crippen molar-refractivity contribution in [2.45, 2.75) is 26.2 Å². The van der Waals surface area contributed by atoms with Crippen molar-refractivity contribution in [2.75, 3.05) is 46.3 Å². The molecule has 0 saturated carbocycles. The first-order chi connectivity index (χ1) is 13.3. The number of aromatic amines is 1. The van der Waals surface area contributed by atoms with Crippen molar-refractivity contribution in [3.05, 3.63) is 16.9 Å². The Bertz CT molecular complexity index is 687. The number of nitrogens with zero attached hydrogens (tertiary/aromatic N) is 4. The number of carbonyl (C=O) groups is 3. The number of hydrogen-bond acceptors (Lipinski definition) is 5. The summed E-state index contributed by atoms with van der Waals surface area (Å²) in [6, 6.07) is 0. The minimum absolute atomic E-state index is 0.151. The van der Waals surface area contributed by atoms with Crippen LogP contribution < -0.4 is 0 Å². The highest BCUT2D eigenvalue weighted by Gasteiger charge is 2.39. The van der Waals surface area contributed by atoms with Crippen LogP contribution in [-0.2, 0) is 9.59 Å². The molecule has 2 N–H and O–H groups in total. The van der Waals surface area contributed by atoms with Crippen LogP contribution in [0.1, 0.15) is 36.7 Å². The Morgan fingerprint density at radius 2 is 1.75 bits per heavy atom. The fourth-order valence-electron chi connectivity index (χ4n) is 3.61. The molecule has 0 unspecified atom stereocenters. The Hall–Kier alpha value is -2.13. The predicted molar refractivity (Wildman–Crippen MR) is 104 cm³/mol. The van der Waals surface area contributed by atoms with E-state index in [9.17, 15) is 9.59 Å². The second kappa shape index (κ2) is 9.88. The molecule has 0 aliphatic carbocycles. The van der Waals surface area contributed by atoms with E-state index in [0.717, 1.165) is 32.4 Å². The van der Waals surface area contributed by atoms with Gasteiger partial charge in [0.15, 0.2) is 0 Å². The third-order valence-corrected chi connectivity index (χ3v) is 5.77. The zero-order chi connectivity index (χ0) is 20.7. The smallest absolute Gasteiger partial charge is 0.290 e. The number of carbonyl (C=O) groups excluding carboxylic acids is 2. The minimum Gasteiger partial charge on any atom is -0.483 e. The molecule has 3 heterocycles. The lowest BCUT2D eigenvalue weighted by Crippen LogP contribution is -2.49. The largest absolute Gasteiger partial charge is 0.483 e. The maximum atomic E-state index is 13.1. The molecule has 156 valence electrons. The topological polar surface area (TPSA) is 110 Å². The zero-order valence-electron chi connectivity index (χ0n) is 16.4. The Balaban J connectivity index is 0.000000878. The molecule has 0 bridgehead atoms. The van der Waals surface area contributed by atoms with E-state index in [4.69, 9.17) is 21.5 Å². The lowest BCUT2D eigenvalue weighted by atomic mass is 9.79. The SMILES string of the molecule is CN1CCC(C)(C(=O)N2CCCN(C(=O)c3[nH]ncc3Cl)CC2)CC1.O=CO. The van der Waals surface area contributed by atoms with Gasteiger partial charge < -0.3 is 19.8 Å². The molecule has 1 aromatic rings. The lowest BCUT2D eigenvalue weighted by molar-refractivity contribution is -0.143. The highest BCUT2D eigenvalue weighted by atomic mass is 35.5. The van der Waals surface area contributed by atoms with Crippen molar-refractivity contribution in [1.82, 2.24) is 24.9 Å². The fraction of sp³-hybridized carbons (Fsp3) is 0.667. The molecule has 2 aliphatic rings. The maximum absolute atomic E-state index is 13.1. The highest BCUT2D eigenvalue weighted by Crippen LogP contribution is 2.33. The average Bonchev–Trinajstić information content (AvgIpc) is 2.95. The van der Waals surface area contributed by atoms with Crippen LogP contribution in [0.3, 0.4) is 0 Å². The third kappa shape index (κ3) is 5.23. The van der Waals surface area contributed by atoms with E-state index < -0.39 is 0 Å². The van der Waals surface area contributed by atoms with Gasteiger partial charge in [0, 0.05) is 31.6 Å². The highest BCUT2D eigenvalue weighted by molar-refractivity contribution is 6.33. The number of amides is 2. The van der Waals surface area contributed by atoms with Gasteiger partial charge in [-0.3, -0.25) is 19.5 Å². The number of halogens is 1. The van der Waals surface area contributed by atoms with Crippen LogP contribution in [-0.4, -0.2) is 94.6 Å². The molecule has 3 rings (SSSR count). The standard InChI is InChI=1S/C17H26ClN5O2.CH2O2/c1-17(4-8-21(2)9-5-17)16(25)23-7-3-6-22(10-11-23)15(24)14-13(18)12-19-20-14;2-1-3/h12H,3-11H2,1-2H3,(H,19,20);1H,(H,2,3). The number of piperidine rings is 1. The van der Waals surface area contributed by atoms with Gasteiger partial charge in [-0.05, 0) is 39.4 Å². The summed E-state index contributed by atoms with van der Waals surface area (Å²) >= 11 is 6.00. The first kappa shape index (κ1) is 22.2. The van der Waals surface area contributed by atoms with Gasteiger partial charge in [0.2, 0.25) is 5.91 Å². The molecule has 10 heteroatoms. The Morgan fingerprint density at radius 3 is 2.32 bits per heavy atom. The summed E-state index contributed by atoms with van der Waals surface area (Å²) in [5.41, 5.74) is 0.0435. The molecule has 2 amide bonds. The van der Waals surface area contributed by atoms with E-state index in [1.165, 1.54) is 6.20 Å². The zero-order valence-corrected chi connectivity index (χ0v) is 17.1. The summed E-state index contributed by atoms with van der Waals surface area (Å²) in [6.45, 7) is 6.17. The first-order valence-corrected chi connectivity index (χ1v) is 9.74. The van der Waals surface area contributed by atoms with Gasteiger partial charge in [-0.1, -0.05) is 18.5 Å². The predicted octanol–water partition coefficient (Wildman–Crippen LogP) is 1.17. The molecule has 2 fully saturated rings. The van der Waals surface area contributed by atoms with E-state index in [2.05, 4.69) is 29.1 Å². The van der Waals surface area contributed by atoms with Crippen LogP contribution in [0.2, 0.25) is 5.02 Å². The van der Waals surface area contributed by atoms with Crippen molar-refractivity contribution < 1.29 is 19.5 Å². The van der Waals surface area contributed by atoms with Crippen molar-refractivity contribution >= 4 is 29.9 Å². The molecule has 9 nitrogen and oxygen atoms in total. The van der Waals surface area contributed by atoms with Gasteiger partial charge in [0.05, 0.1) is 11.2 Å². The van der Waals surface area contributed by atoms with Crippen molar-refractivity contribution in [2.24, 2.45) is 5.41 Å². The molecule has 0 aromatic carbocycles. The van der Waals surface area contributed by atoms with Crippen molar-refractivity contribution in [3.63, 3.8) is 0 Å². The molecule has 2 saturated heterocycles. The second-order valence-electron chi connectivity index (χ2n) is 7.50. The van der Waals surface area contributed by atoms with Crippen molar-refractivity contribution in [3.8, 4) is 0 Å². The number of carboxylic acid groups (broad SMARTS) is 1. The molecule has 0 atom stereocenters. The normalized spacial score (nSPS) is 20.0. The van der Waals surface area contributed by atoms with Crippen LogP contribution >= 0.6 is 11.6 Å². The number of hydrogen-bond donors (Lipinski definition) is 2. The number of nitrogens with one attached hydrogen (secondary N) is 1. The van der Waals surface area contributed by atoms with Crippen LogP contribution in [0.4, 0.5) is 0 Å². The second-order valence-corrected chi connectivity index (χ2v) is 7.91. The maximum Gasteiger partial charge on any atom is 0.290 e. The van der Waals surface area contributed by atoms with Crippen LogP contribution in [0, 0.1) is 5.41 Å². The van der Waals surface area contributed by atoms with Gasteiger partial charge in [-0.25, -0.2) is 0 Å². The number of H-pyrrole nitrogens is 1. The molecule has 0 spiro atoms. The van der Waals surface area contributed by atoms with Gasteiger partial charge in [-0.2, -0.15) is 5.10 Å². The Labute approximate surface area is 169 Å². The quantitative estimate of drug-likeness (QED) is 0.704. The van der Waals surface area contributed by atoms with Gasteiger partial charge in [0.25, 0.3) is 12.4 Å². The molecule has 2 aliphatic heterocycles. The van der Waals surface area contributed by atoms with E-state index in [-0.39, 0.29) is 23.7 Å². The molecule has 28 heavy (non-hydrogen) atoms. The number of aromatic nitrogens is 2. The molecule has 1 aromatic heterocycles. The monoisotopic (exact) mass is 413 g/mol. The summed E-state index contributed by atoms with van der Waals surface area (Å²) in [5, 5.41) is 13.7. The van der Waals surface area contributed by atoms with Gasteiger partial charge in [0.1, 0.15) is 5.69 Å². The number of likely N-dealkylation sites (tertiary alicyclic amines) is 1. The minimum atomic E-state index is -0.279. The summed E-state index contributed by atoms with van der Waals surface area (Å²) in [4.78, 5) is 40.0. The van der Waals surface area contributed by atoms with Gasteiger partial charge in [-0.15, -0.1) is 0 Å². The van der Waals surface area contributed by atoms with E-state index in [1.54, 1.807) is 4.90 Å². The molecular weight excluding hydrogens is 386 g/mol. The summed E-state index contributed by atoms with van der Waals surface area (Å²) in [7, 11) is 2.10. The summed E-state index contributed by atoms with van der Waals surface area (Å²) in [6.07, 6.45) is 4.00. The van der Waals surface area contributed by atoms with E-state index in [0.29, 0.717) is 36.9 Å². The number of rotatable bonds is 2. The first-order valence-electron chi connectivity index (χ1n) is 9.36. The summed E-state index contributed by atoms with van der Waals surface area (Å²) < 4.78 is 0. The van der Waals surface area contributed by atoms with Gasteiger partial charge >= 0.3 is 0 Å². The lowest BCUT2D eigenvalue weighted by Gasteiger charge is -2.39. The molecule has 0 radical (unpaired) electrons. The fourth-order valence-corrected chi connectivity index (χ4v) is 3.78. The van der Waals surface area contributed by atoms with Crippen molar-refractivity contribution in [1.29, 1.82) is 0 Å². The Morgan fingerprint density at radius 1 is 1.18 bits per heavy atom. The van der Waals surface area contributed by atoms with Crippen LogP contribution in [0.25, 0.3) is 0 Å². The Kier molecular flexibility index (Phi) is 7.82. The van der Waals surface area contributed by atoms with Crippen LogP contribution in [0.5, 0.6) is 0 Å². The summed E-state index contributed by atoms with van der Waals surface area (Å²) in [5.74, 6) is 0.0803. The van der Waals surface area contributed by atoms with E-state index >= 15 is 0 Å². The molecular formula is C18H28ClN5O4. The van der Waals surface area contributed by atoms with E-state index in [1.807, 2.05) is 4.90 Å².